The molecule has 6 nitrogen and oxygen atoms in total. The van der Waals surface area contributed by atoms with Gasteiger partial charge in [-0.05, 0) is 12.8 Å². The van der Waals surface area contributed by atoms with E-state index < -0.39 is 9.84 Å². The van der Waals surface area contributed by atoms with Crippen LogP contribution < -0.4 is 16.4 Å². The molecule has 4 N–H and O–H groups in total. The third-order valence-corrected chi connectivity index (χ3v) is 6.05. The van der Waals surface area contributed by atoms with Gasteiger partial charge >= 0.3 is 0 Å². The number of carbonyl (C=O) groups excluding carboxylic acids is 1. The molecule has 0 saturated carbocycles. The average Bonchev–Trinajstić information content (AvgIpc) is 2.67. The Morgan fingerprint density at radius 2 is 1.90 bits per heavy atom. The van der Waals surface area contributed by atoms with Gasteiger partial charge in [0.25, 0.3) is 0 Å². The van der Waals surface area contributed by atoms with Crippen LogP contribution >= 0.6 is 11.3 Å². The average molecular weight is 317 g/mol. The van der Waals surface area contributed by atoms with E-state index in [0.717, 1.165) is 30.4 Å². The summed E-state index contributed by atoms with van der Waals surface area (Å²) in [7, 11) is -3.48. The first-order chi connectivity index (χ1) is 9.21. The number of hydrogen-bond acceptors (Lipinski definition) is 7. The summed E-state index contributed by atoms with van der Waals surface area (Å²) in [5.74, 6) is -0.211. The number of hydrogen-bond donors (Lipinski definition) is 2. The van der Waals surface area contributed by atoms with Crippen LogP contribution in [0.25, 0.3) is 0 Å². The van der Waals surface area contributed by atoms with Gasteiger partial charge in [-0.15, -0.1) is 11.3 Å². The van der Waals surface area contributed by atoms with E-state index in [1.165, 1.54) is 6.92 Å². The van der Waals surface area contributed by atoms with Crippen molar-refractivity contribution in [2.75, 3.05) is 30.0 Å². The molecule has 20 heavy (non-hydrogen) atoms. The summed E-state index contributed by atoms with van der Waals surface area (Å²) in [5, 5.41) is 0.571. The Bertz CT molecular complexity index is 629. The van der Waals surface area contributed by atoms with E-state index in [2.05, 4.69) is 0 Å². The largest absolute Gasteiger partial charge is 0.396 e. The molecule has 0 spiro atoms. The zero-order valence-corrected chi connectivity index (χ0v) is 13.2. The van der Waals surface area contributed by atoms with Crippen LogP contribution in [0.15, 0.2) is 4.90 Å². The van der Waals surface area contributed by atoms with Crippen molar-refractivity contribution in [2.24, 2.45) is 5.73 Å². The van der Waals surface area contributed by atoms with Gasteiger partial charge in [0.2, 0.25) is 0 Å². The minimum absolute atomic E-state index is 0.0786. The SMILES string of the molecule is CC(=O)c1sc(N2CCC(N)CC2)c(S(C)(=O)=O)c1N. The predicted molar refractivity (Wildman–Crippen MR) is 81.3 cm³/mol. The van der Waals surface area contributed by atoms with Crippen molar-refractivity contribution >= 4 is 37.6 Å². The van der Waals surface area contributed by atoms with Crippen LogP contribution in [0.2, 0.25) is 0 Å². The lowest BCUT2D eigenvalue weighted by molar-refractivity contribution is 0.102. The highest BCUT2D eigenvalue weighted by molar-refractivity contribution is 7.91. The summed E-state index contributed by atoms with van der Waals surface area (Å²) in [6.45, 7) is 2.76. The van der Waals surface area contributed by atoms with Crippen molar-refractivity contribution in [1.29, 1.82) is 0 Å². The van der Waals surface area contributed by atoms with Crippen LogP contribution in [0, 0.1) is 0 Å². The highest BCUT2D eigenvalue weighted by Gasteiger charge is 2.30. The van der Waals surface area contributed by atoms with Crippen LogP contribution in [-0.2, 0) is 9.84 Å². The molecule has 8 heteroatoms. The molecule has 0 aromatic carbocycles. The number of rotatable bonds is 3. The minimum Gasteiger partial charge on any atom is -0.396 e. The molecule has 1 saturated heterocycles. The molecule has 2 rings (SSSR count). The summed E-state index contributed by atoms with van der Waals surface area (Å²) in [4.78, 5) is 14.0. The summed E-state index contributed by atoms with van der Waals surface area (Å²) in [6, 6.07) is 0.150. The number of nitrogens with zero attached hydrogens (tertiary/aromatic N) is 1. The van der Waals surface area contributed by atoms with Crippen molar-refractivity contribution in [3.05, 3.63) is 4.88 Å². The molecule has 1 aliphatic heterocycles. The van der Waals surface area contributed by atoms with E-state index in [1.54, 1.807) is 0 Å². The van der Waals surface area contributed by atoms with Crippen LogP contribution in [-0.4, -0.2) is 39.6 Å². The highest BCUT2D eigenvalue weighted by Crippen LogP contribution is 2.42. The molecule has 1 aromatic heterocycles. The van der Waals surface area contributed by atoms with E-state index in [4.69, 9.17) is 11.5 Å². The minimum atomic E-state index is -3.48. The molecular weight excluding hydrogens is 298 g/mol. The van der Waals surface area contributed by atoms with Crippen molar-refractivity contribution in [1.82, 2.24) is 0 Å². The molecule has 0 aliphatic carbocycles. The third kappa shape index (κ3) is 2.82. The van der Waals surface area contributed by atoms with Crippen LogP contribution in [0.3, 0.4) is 0 Å². The maximum atomic E-state index is 12.0. The fourth-order valence-electron chi connectivity index (χ4n) is 2.35. The first kappa shape index (κ1) is 15.3. The zero-order chi connectivity index (χ0) is 15.1. The molecule has 0 bridgehead atoms. The Labute approximate surface area is 122 Å². The van der Waals surface area contributed by atoms with Crippen molar-refractivity contribution in [3.8, 4) is 0 Å². The van der Waals surface area contributed by atoms with E-state index >= 15 is 0 Å². The van der Waals surface area contributed by atoms with Gasteiger partial charge in [0.05, 0.1) is 10.6 Å². The number of piperidine rings is 1. The first-order valence-corrected chi connectivity index (χ1v) is 9.06. The Morgan fingerprint density at radius 3 is 2.35 bits per heavy atom. The standard InChI is InChI=1S/C12H19N3O3S2/c1-7(16)10-9(14)11(20(2,17)18)12(19-10)15-5-3-8(13)4-6-15/h8H,3-6,13-14H2,1-2H3. The van der Waals surface area contributed by atoms with Crippen LogP contribution in [0.5, 0.6) is 0 Å². The Morgan fingerprint density at radius 1 is 1.35 bits per heavy atom. The number of nitrogens with two attached hydrogens (primary N) is 2. The smallest absolute Gasteiger partial charge is 0.180 e. The molecule has 0 radical (unpaired) electrons. The molecule has 1 fully saturated rings. The van der Waals surface area contributed by atoms with Gasteiger partial charge in [0, 0.05) is 32.3 Å². The van der Waals surface area contributed by atoms with E-state index in [9.17, 15) is 13.2 Å². The molecule has 0 amide bonds. The number of anilines is 2. The lowest BCUT2D eigenvalue weighted by Crippen LogP contribution is -2.39. The van der Waals surface area contributed by atoms with Gasteiger partial charge in [-0.2, -0.15) is 0 Å². The second-order valence-corrected chi connectivity index (χ2v) is 8.08. The topological polar surface area (TPSA) is 106 Å². The lowest BCUT2D eigenvalue weighted by Gasteiger charge is -2.31. The molecule has 0 atom stereocenters. The fraction of sp³-hybridized carbons (Fsp3) is 0.583. The van der Waals surface area contributed by atoms with Crippen LogP contribution in [0.4, 0.5) is 10.7 Å². The Kier molecular flexibility index (Phi) is 4.08. The van der Waals surface area contributed by atoms with E-state index in [0.29, 0.717) is 23.0 Å². The van der Waals surface area contributed by atoms with E-state index in [-0.39, 0.29) is 22.4 Å². The maximum absolute atomic E-state index is 12.0. The van der Waals surface area contributed by atoms with Gasteiger partial charge < -0.3 is 16.4 Å². The number of sulfone groups is 1. The van der Waals surface area contributed by atoms with Gasteiger partial charge in [0.1, 0.15) is 9.90 Å². The molecular formula is C12H19N3O3S2. The number of Topliss-reactive ketones (excluding diaryl/α,β-unsaturated/α-hetero) is 1. The first-order valence-electron chi connectivity index (χ1n) is 6.35. The monoisotopic (exact) mass is 317 g/mol. The third-order valence-electron chi connectivity index (χ3n) is 3.40. The van der Waals surface area contributed by atoms with Crippen molar-refractivity contribution in [2.45, 2.75) is 30.7 Å². The summed E-state index contributed by atoms with van der Waals surface area (Å²) in [6.07, 6.45) is 2.72. The van der Waals surface area contributed by atoms with Crippen molar-refractivity contribution in [3.63, 3.8) is 0 Å². The summed E-state index contributed by atoms with van der Waals surface area (Å²) >= 11 is 1.16. The lowest BCUT2D eigenvalue weighted by atomic mass is 10.1. The molecule has 2 heterocycles. The number of thiophene rings is 1. The number of ketones is 1. The summed E-state index contributed by atoms with van der Waals surface area (Å²) in [5.41, 5.74) is 11.8. The fourth-order valence-corrected chi connectivity index (χ4v) is 5.00. The van der Waals surface area contributed by atoms with Gasteiger partial charge in [-0.1, -0.05) is 0 Å². The number of nitrogen functional groups attached to an aromatic ring is 1. The van der Waals surface area contributed by atoms with Crippen LogP contribution in [0.1, 0.15) is 29.4 Å². The Balaban J connectivity index is 2.52. The maximum Gasteiger partial charge on any atom is 0.180 e. The Hall–Kier alpha value is -1.12. The number of carbonyl (C=O) groups is 1. The molecule has 1 aliphatic rings. The predicted octanol–water partition coefficient (Wildman–Crippen LogP) is 0.864. The molecule has 0 unspecified atom stereocenters. The normalized spacial score (nSPS) is 17.4. The van der Waals surface area contributed by atoms with Crippen molar-refractivity contribution < 1.29 is 13.2 Å². The second kappa shape index (κ2) is 5.34. The highest BCUT2D eigenvalue weighted by atomic mass is 32.2. The summed E-state index contributed by atoms with van der Waals surface area (Å²) < 4.78 is 24.0. The molecule has 1 aromatic rings. The van der Waals surface area contributed by atoms with Gasteiger partial charge in [-0.25, -0.2) is 8.42 Å². The van der Waals surface area contributed by atoms with Gasteiger partial charge in [-0.3, -0.25) is 4.79 Å². The quantitative estimate of drug-likeness (QED) is 0.801. The second-order valence-electron chi connectivity index (χ2n) is 5.13. The van der Waals surface area contributed by atoms with E-state index in [1.807, 2.05) is 4.90 Å². The molecule has 112 valence electrons. The van der Waals surface area contributed by atoms with Gasteiger partial charge in [0.15, 0.2) is 15.6 Å². The zero-order valence-electron chi connectivity index (χ0n) is 11.5.